The molecule has 0 saturated carbocycles. The second-order valence-electron chi connectivity index (χ2n) is 8.14. The molecule has 2 heterocycles. The van der Waals surface area contributed by atoms with Crippen molar-refractivity contribution in [2.75, 3.05) is 18.0 Å². The van der Waals surface area contributed by atoms with Crippen molar-refractivity contribution in [1.82, 2.24) is 4.98 Å². The molecule has 0 radical (unpaired) electrons. The van der Waals surface area contributed by atoms with Gasteiger partial charge in [-0.3, -0.25) is 9.59 Å². The van der Waals surface area contributed by atoms with Gasteiger partial charge in [0.05, 0.1) is 27.5 Å². The minimum absolute atomic E-state index is 0.114. The smallest absolute Gasteiger partial charge is 0.196 e. The normalized spacial score (nSPS) is 14.8. The first kappa shape index (κ1) is 18.5. The Balaban J connectivity index is 1.86. The predicted molar refractivity (Wildman–Crippen MR) is 127 cm³/mol. The number of aromatic nitrogens is 1. The number of benzene rings is 4. The van der Waals surface area contributed by atoms with Crippen LogP contribution in [0, 0.1) is 0 Å². The molecule has 0 bridgehead atoms. The van der Waals surface area contributed by atoms with Gasteiger partial charge in [-0.1, -0.05) is 35.9 Å². The maximum absolute atomic E-state index is 13.6. The molecule has 1 fully saturated rings. The second kappa shape index (κ2) is 6.86. The number of piperidine rings is 1. The van der Waals surface area contributed by atoms with E-state index in [0.29, 0.717) is 48.8 Å². The summed E-state index contributed by atoms with van der Waals surface area (Å²) in [5.41, 5.74) is 2.89. The van der Waals surface area contributed by atoms with E-state index in [-0.39, 0.29) is 10.9 Å². The highest BCUT2D eigenvalue weighted by Crippen LogP contribution is 2.34. The first-order valence-electron chi connectivity index (χ1n) is 10.5. The zero-order valence-electron chi connectivity index (χ0n) is 16.7. The molecule has 1 aliphatic heterocycles. The van der Waals surface area contributed by atoms with Crippen LogP contribution in [0.2, 0.25) is 5.02 Å². The third-order valence-corrected chi connectivity index (χ3v) is 6.50. The third-order valence-electron chi connectivity index (χ3n) is 6.26. The van der Waals surface area contributed by atoms with Gasteiger partial charge < -0.3 is 14.3 Å². The van der Waals surface area contributed by atoms with E-state index in [0.717, 1.165) is 31.6 Å². The second-order valence-corrected chi connectivity index (χ2v) is 8.57. The van der Waals surface area contributed by atoms with Crippen LogP contribution in [0.5, 0.6) is 0 Å². The van der Waals surface area contributed by atoms with Gasteiger partial charge in [-0.15, -0.1) is 0 Å². The molecule has 5 nitrogen and oxygen atoms in total. The number of rotatable bonds is 1. The minimum Gasteiger partial charge on any atom is -0.453 e. The summed E-state index contributed by atoms with van der Waals surface area (Å²) in [6, 6.07) is 14.3. The van der Waals surface area contributed by atoms with Gasteiger partial charge in [0.1, 0.15) is 0 Å². The van der Waals surface area contributed by atoms with E-state index >= 15 is 0 Å². The Morgan fingerprint density at radius 2 is 1.55 bits per heavy atom. The quantitative estimate of drug-likeness (QED) is 0.278. The van der Waals surface area contributed by atoms with Gasteiger partial charge in [0.2, 0.25) is 0 Å². The van der Waals surface area contributed by atoms with Crippen molar-refractivity contribution in [3.63, 3.8) is 0 Å². The Morgan fingerprint density at radius 3 is 2.29 bits per heavy atom. The molecule has 0 spiro atoms. The van der Waals surface area contributed by atoms with Crippen molar-refractivity contribution in [2.24, 2.45) is 0 Å². The van der Waals surface area contributed by atoms with Crippen LogP contribution in [0.3, 0.4) is 0 Å². The fraction of sp³-hybridized carbons (Fsp3) is 0.200. The van der Waals surface area contributed by atoms with E-state index < -0.39 is 0 Å². The van der Waals surface area contributed by atoms with Crippen LogP contribution in [0.15, 0.2) is 62.5 Å². The Morgan fingerprint density at radius 1 is 0.839 bits per heavy atom. The molecule has 6 rings (SSSR count). The van der Waals surface area contributed by atoms with Gasteiger partial charge in [-0.2, -0.15) is 0 Å². The lowest BCUT2D eigenvalue weighted by Crippen LogP contribution is -2.31. The van der Waals surface area contributed by atoms with Crippen molar-refractivity contribution in [2.45, 2.75) is 19.3 Å². The molecule has 31 heavy (non-hydrogen) atoms. The highest BCUT2D eigenvalue weighted by atomic mass is 35.5. The lowest BCUT2D eigenvalue weighted by Gasteiger charge is -2.30. The lowest BCUT2D eigenvalue weighted by molar-refractivity contribution is 0.578. The zero-order chi connectivity index (χ0) is 21.1. The summed E-state index contributed by atoms with van der Waals surface area (Å²) in [6.07, 6.45) is 3.29. The van der Waals surface area contributed by atoms with Crippen LogP contribution in [0.1, 0.15) is 19.3 Å². The maximum Gasteiger partial charge on any atom is 0.196 e. The van der Waals surface area contributed by atoms with Crippen molar-refractivity contribution in [1.29, 1.82) is 0 Å². The van der Waals surface area contributed by atoms with Gasteiger partial charge in [0.25, 0.3) is 0 Å². The van der Waals surface area contributed by atoms with E-state index in [1.54, 1.807) is 36.4 Å². The molecule has 1 saturated heterocycles. The molecular formula is C25H19ClN2O3. The first-order valence-corrected chi connectivity index (χ1v) is 10.9. The van der Waals surface area contributed by atoms with Crippen LogP contribution in [-0.2, 0) is 0 Å². The highest BCUT2D eigenvalue weighted by Gasteiger charge is 2.22. The average molecular weight is 431 g/mol. The topological polar surface area (TPSA) is 66.3 Å². The number of hydrogen-bond acceptors (Lipinski definition) is 4. The zero-order valence-corrected chi connectivity index (χ0v) is 17.5. The number of hydrogen-bond donors (Lipinski definition) is 1. The van der Waals surface area contributed by atoms with Crippen LogP contribution in [-0.4, -0.2) is 18.1 Å². The number of fused-ring (bicyclic) bond motifs is 5. The summed E-state index contributed by atoms with van der Waals surface area (Å²) in [4.78, 5) is 32.8. The van der Waals surface area contributed by atoms with Gasteiger partial charge >= 0.3 is 0 Å². The van der Waals surface area contributed by atoms with Gasteiger partial charge in [-0.25, -0.2) is 0 Å². The average Bonchev–Trinajstić information content (AvgIpc) is 2.80. The van der Waals surface area contributed by atoms with Crippen molar-refractivity contribution >= 4 is 61.0 Å². The molecule has 6 heteroatoms. The number of nitrogens with one attached hydrogen (secondary N) is 1. The Bertz CT molecular complexity index is 1630. The van der Waals surface area contributed by atoms with Crippen LogP contribution in [0.25, 0.3) is 43.7 Å². The Hall–Kier alpha value is -3.31. The van der Waals surface area contributed by atoms with Crippen LogP contribution in [0.4, 0.5) is 5.69 Å². The Labute approximate surface area is 181 Å². The summed E-state index contributed by atoms with van der Waals surface area (Å²) in [6.45, 7) is 1.70. The number of halogens is 1. The number of H-pyrrole nitrogens is 1. The molecule has 0 amide bonds. The van der Waals surface area contributed by atoms with Crippen LogP contribution < -0.4 is 15.8 Å². The fourth-order valence-electron chi connectivity index (χ4n) is 4.78. The highest BCUT2D eigenvalue weighted by molar-refractivity contribution is 6.31. The summed E-state index contributed by atoms with van der Waals surface area (Å²) in [5.74, 6) is 0. The third kappa shape index (κ3) is 2.77. The predicted octanol–water partition coefficient (Wildman–Crippen LogP) is 5.58. The summed E-state index contributed by atoms with van der Waals surface area (Å²) < 4.78 is 6.19. The SMILES string of the molecule is O=c1c2ccccc2c(=O)c2c1c(N1CCCCC1)cc1oc3cc(Cl)ccc3[nH]c12. The molecule has 0 unspecified atom stereocenters. The van der Waals surface area contributed by atoms with Crippen molar-refractivity contribution in [3.8, 4) is 0 Å². The number of nitrogens with zero attached hydrogens (tertiary/aromatic N) is 1. The van der Waals surface area contributed by atoms with E-state index in [1.807, 2.05) is 12.1 Å². The summed E-state index contributed by atoms with van der Waals surface area (Å²) >= 11 is 6.16. The molecule has 4 aromatic carbocycles. The molecule has 5 aromatic rings. The van der Waals surface area contributed by atoms with Crippen molar-refractivity contribution < 1.29 is 4.42 Å². The van der Waals surface area contributed by atoms with E-state index in [2.05, 4.69) is 9.88 Å². The fourth-order valence-corrected chi connectivity index (χ4v) is 4.94. The molecule has 1 aliphatic rings. The number of anilines is 1. The van der Waals surface area contributed by atoms with Gasteiger partial charge in [0.15, 0.2) is 22.0 Å². The largest absolute Gasteiger partial charge is 0.453 e. The minimum atomic E-state index is -0.158. The van der Waals surface area contributed by atoms with Crippen molar-refractivity contribution in [3.05, 3.63) is 74.0 Å². The van der Waals surface area contributed by atoms with Gasteiger partial charge in [0, 0.05) is 41.0 Å². The number of aromatic amines is 1. The molecule has 154 valence electrons. The Kier molecular flexibility index (Phi) is 4.08. The van der Waals surface area contributed by atoms with Crippen LogP contribution >= 0.6 is 11.6 Å². The monoisotopic (exact) mass is 430 g/mol. The molecule has 1 N–H and O–H groups in total. The molecule has 0 atom stereocenters. The maximum atomic E-state index is 13.6. The molecule has 1 aromatic heterocycles. The first-order chi connectivity index (χ1) is 15.1. The van der Waals surface area contributed by atoms with Gasteiger partial charge in [-0.05, 0) is 31.4 Å². The van der Waals surface area contributed by atoms with E-state index in [1.165, 1.54) is 6.42 Å². The summed E-state index contributed by atoms with van der Waals surface area (Å²) in [7, 11) is 0. The lowest BCUT2D eigenvalue weighted by atomic mass is 9.98. The van der Waals surface area contributed by atoms with E-state index in [9.17, 15) is 9.59 Å². The standard InChI is InChI=1S/C25H19ClN2O3/c26-14-8-9-17-19(12-14)31-20-13-18(28-10-4-1-5-11-28)21-22(23(20)27-17)25(30)16-7-3-2-6-15(16)24(21)29/h2-3,6-9,12-13,27H,1,4-5,10-11H2. The molecular weight excluding hydrogens is 412 g/mol. The molecule has 0 aliphatic carbocycles. The summed E-state index contributed by atoms with van der Waals surface area (Å²) in [5, 5.41) is 2.32. The van der Waals surface area contributed by atoms with E-state index in [4.69, 9.17) is 16.0 Å².